The molecule has 0 saturated heterocycles. The fourth-order valence-electron chi connectivity index (χ4n) is 3.62. The molecule has 0 radical (unpaired) electrons. The second-order valence-corrected chi connectivity index (χ2v) is 8.41. The van der Waals surface area contributed by atoms with Crippen molar-refractivity contribution in [3.05, 3.63) is 88.9 Å². The third-order valence-corrected chi connectivity index (χ3v) is 6.30. The van der Waals surface area contributed by atoms with E-state index in [1.165, 1.54) is 11.8 Å². The van der Waals surface area contributed by atoms with E-state index in [0.29, 0.717) is 28.6 Å². The van der Waals surface area contributed by atoms with Crippen LogP contribution in [0.1, 0.15) is 29.9 Å². The van der Waals surface area contributed by atoms with Crippen LogP contribution in [0, 0.1) is 0 Å². The lowest BCUT2D eigenvalue weighted by molar-refractivity contribution is -0.139. The van der Waals surface area contributed by atoms with Crippen LogP contribution in [0.3, 0.4) is 0 Å². The molecule has 3 aromatic rings. The van der Waals surface area contributed by atoms with Gasteiger partial charge in [-0.3, -0.25) is 0 Å². The Hall–Kier alpha value is -3.59. The van der Waals surface area contributed by atoms with Gasteiger partial charge in [-0.15, -0.1) is 10.2 Å². The van der Waals surface area contributed by atoms with E-state index in [4.69, 9.17) is 4.74 Å². The molecule has 8 nitrogen and oxygen atoms in total. The number of hydrogen-bond acceptors (Lipinski definition) is 6. The van der Waals surface area contributed by atoms with Gasteiger partial charge in [0.1, 0.15) is 5.82 Å². The Kier molecular flexibility index (Phi) is 7.09. The highest BCUT2D eigenvalue weighted by Gasteiger charge is 2.33. The molecular formula is C24H25N5O3S. The van der Waals surface area contributed by atoms with Crippen molar-refractivity contribution in [1.29, 1.82) is 0 Å². The van der Waals surface area contributed by atoms with Gasteiger partial charge in [0, 0.05) is 24.9 Å². The number of thioether (sulfide) groups is 1. The predicted octanol–water partition coefficient (Wildman–Crippen LogP) is 3.37. The Morgan fingerprint density at radius 3 is 2.48 bits per heavy atom. The van der Waals surface area contributed by atoms with Crippen LogP contribution >= 0.6 is 11.8 Å². The zero-order valence-corrected chi connectivity index (χ0v) is 19.3. The van der Waals surface area contributed by atoms with E-state index in [9.17, 15) is 9.59 Å². The van der Waals surface area contributed by atoms with Gasteiger partial charge in [0.25, 0.3) is 0 Å². The highest BCUT2D eigenvalue weighted by molar-refractivity contribution is 7.99. The molecule has 9 heteroatoms. The molecule has 0 spiro atoms. The molecule has 0 bridgehead atoms. The van der Waals surface area contributed by atoms with E-state index in [0.717, 1.165) is 17.0 Å². The molecule has 0 saturated carbocycles. The fraction of sp³-hybridized carbons (Fsp3) is 0.250. The number of aromatic nitrogens is 3. The third kappa shape index (κ3) is 5.25. The van der Waals surface area contributed by atoms with E-state index in [1.54, 1.807) is 6.92 Å². The summed E-state index contributed by atoms with van der Waals surface area (Å²) >= 11 is 1.40. The van der Waals surface area contributed by atoms with Crippen LogP contribution in [0.2, 0.25) is 0 Å². The van der Waals surface area contributed by atoms with Crippen LogP contribution in [0.4, 0.5) is 4.79 Å². The lowest BCUT2D eigenvalue weighted by Gasteiger charge is -2.29. The minimum Gasteiger partial charge on any atom is -0.463 e. The first kappa shape index (κ1) is 22.6. The smallest absolute Gasteiger partial charge is 0.338 e. The summed E-state index contributed by atoms with van der Waals surface area (Å²) in [4.78, 5) is 25.3. The van der Waals surface area contributed by atoms with Crippen LogP contribution in [-0.2, 0) is 23.0 Å². The van der Waals surface area contributed by atoms with Gasteiger partial charge in [-0.05, 0) is 18.1 Å². The van der Waals surface area contributed by atoms with Crippen molar-refractivity contribution in [2.75, 3.05) is 12.4 Å². The van der Waals surface area contributed by atoms with Crippen molar-refractivity contribution >= 4 is 23.8 Å². The van der Waals surface area contributed by atoms with Gasteiger partial charge in [0.2, 0.25) is 0 Å². The number of hydrogen-bond donors (Lipinski definition) is 2. The maximum atomic E-state index is 12.9. The number of nitrogens with zero attached hydrogens (tertiary/aromatic N) is 3. The van der Waals surface area contributed by atoms with Crippen molar-refractivity contribution in [2.24, 2.45) is 7.05 Å². The molecule has 2 amide bonds. The number of amides is 2. The minimum atomic E-state index is -0.595. The standard InChI is InChI=1S/C24H25N5O3S/c1-3-32-22(30)20-18(25-23(31)26-21(20)17-12-8-5-9-13-17)15-33-24-28-27-19(29(24)2)14-16-10-6-4-7-11-16/h4-13,21H,3,14-15H2,1-2H3,(H2,25,26,31). The summed E-state index contributed by atoms with van der Waals surface area (Å²) in [5.41, 5.74) is 2.85. The Labute approximate surface area is 196 Å². The van der Waals surface area contributed by atoms with Crippen molar-refractivity contribution < 1.29 is 14.3 Å². The van der Waals surface area contributed by atoms with E-state index in [-0.39, 0.29) is 12.6 Å². The number of nitrogens with one attached hydrogen (secondary N) is 2. The molecule has 1 aliphatic heterocycles. The van der Waals surface area contributed by atoms with Gasteiger partial charge in [-0.25, -0.2) is 9.59 Å². The summed E-state index contributed by atoms with van der Waals surface area (Å²) in [6.07, 6.45) is 0.665. The topological polar surface area (TPSA) is 98.1 Å². The molecule has 0 aliphatic carbocycles. The highest BCUT2D eigenvalue weighted by atomic mass is 32.2. The third-order valence-electron chi connectivity index (χ3n) is 5.26. The van der Waals surface area contributed by atoms with Gasteiger partial charge < -0.3 is 19.9 Å². The molecule has 1 atom stereocenters. The van der Waals surface area contributed by atoms with Gasteiger partial charge in [0.05, 0.1) is 18.2 Å². The normalized spacial score (nSPS) is 15.7. The predicted molar refractivity (Wildman–Crippen MR) is 125 cm³/mol. The van der Waals surface area contributed by atoms with Crippen molar-refractivity contribution in [1.82, 2.24) is 25.4 Å². The first-order valence-corrected chi connectivity index (χ1v) is 11.6. The SMILES string of the molecule is CCOC(=O)C1=C(CSc2nnc(Cc3ccccc3)n2C)NC(=O)NC1c1ccccc1. The molecule has 33 heavy (non-hydrogen) atoms. The number of benzene rings is 2. The molecule has 2 aromatic carbocycles. The minimum absolute atomic E-state index is 0.240. The Morgan fingerprint density at radius 1 is 1.09 bits per heavy atom. The van der Waals surface area contributed by atoms with Crippen LogP contribution in [0.15, 0.2) is 77.1 Å². The highest BCUT2D eigenvalue weighted by Crippen LogP contribution is 2.30. The second kappa shape index (κ2) is 10.4. The summed E-state index contributed by atoms with van der Waals surface area (Å²) < 4.78 is 7.24. The number of carbonyl (C=O) groups excluding carboxylic acids is 2. The summed E-state index contributed by atoms with van der Waals surface area (Å²) in [7, 11) is 1.91. The van der Waals surface area contributed by atoms with Crippen molar-refractivity contribution in [2.45, 2.75) is 24.5 Å². The molecule has 2 N–H and O–H groups in total. The van der Waals surface area contributed by atoms with Crippen LogP contribution in [0.5, 0.6) is 0 Å². The van der Waals surface area contributed by atoms with Crippen LogP contribution < -0.4 is 10.6 Å². The first-order chi connectivity index (χ1) is 16.1. The van der Waals surface area contributed by atoms with E-state index < -0.39 is 12.0 Å². The molecule has 1 unspecified atom stereocenters. The lowest BCUT2D eigenvalue weighted by Crippen LogP contribution is -2.46. The maximum absolute atomic E-state index is 12.9. The molecule has 4 rings (SSSR count). The second-order valence-electron chi connectivity index (χ2n) is 7.46. The quantitative estimate of drug-likeness (QED) is 0.393. The zero-order valence-electron chi connectivity index (χ0n) is 18.4. The average Bonchev–Trinajstić information content (AvgIpc) is 3.17. The largest absolute Gasteiger partial charge is 0.463 e. The van der Waals surface area contributed by atoms with E-state index in [2.05, 4.69) is 20.8 Å². The fourth-order valence-corrected chi connectivity index (χ4v) is 4.52. The molecule has 1 aromatic heterocycles. The molecule has 0 fully saturated rings. The molecule has 2 heterocycles. The maximum Gasteiger partial charge on any atom is 0.338 e. The number of urea groups is 1. The number of carbonyl (C=O) groups is 2. The van der Waals surface area contributed by atoms with E-state index in [1.807, 2.05) is 72.3 Å². The molecule has 170 valence electrons. The number of ether oxygens (including phenoxy) is 1. The average molecular weight is 464 g/mol. The summed E-state index contributed by atoms with van der Waals surface area (Å²) in [5.74, 6) is 0.708. The monoisotopic (exact) mass is 463 g/mol. The number of rotatable bonds is 8. The molecule has 1 aliphatic rings. The summed E-state index contributed by atoms with van der Waals surface area (Å²) in [6.45, 7) is 2.00. The number of esters is 1. The lowest BCUT2D eigenvalue weighted by atomic mass is 9.95. The van der Waals surface area contributed by atoms with E-state index >= 15 is 0 Å². The summed E-state index contributed by atoms with van der Waals surface area (Å²) in [5, 5.41) is 15.0. The Morgan fingerprint density at radius 2 is 1.79 bits per heavy atom. The molecular weight excluding hydrogens is 438 g/mol. The van der Waals surface area contributed by atoms with Crippen LogP contribution in [0.25, 0.3) is 0 Å². The van der Waals surface area contributed by atoms with Gasteiger partial charge in [-0.2, -0.15) is 0 Å². The Bertz CT molecular complexity index is 1160. The van der Waals surface area contributed by atoms with Gasteiger partial charge >= 0.3 is 12.0 Å². The van der Waals surface area contributed by atoms with Crippen LogP contribution in [-0.4, -0.2) is 39.1 Å². The first-order valence-electron chi connectivity index (χ1n) is 10.6. The Balaban J connectivity index is 1.59. The summed E-state index contributed by atoms with van der Waals surface area (Å²) in [6, 6.07) is 18.5. The zero-order chi connectivity index (χ0) is 23.2. The van der Waals surface area contributed by atoms with Gasteiger partial charge in [0.15, 0.2) is 5.16 Å². The van der Waals surface area contributed by atoms with Gasteiger partial charge in [-0.1, -0.05) is 72.4 Å². The van der Waals surface area contributed by atoms with Crippen molar-refractivity contribution in [3.8, 4) is 0 Å². The van der Waals surface area contributed by atoms with Crippen molar-refractivity contribution in [3.63, 3.8) is 0 Å².